The predicted molar refractivity (Wildman–Crippen MR) is 164 cm³/mol. The van der Waals surface area contributed by atoms with E-state index in [0.717, 1.165) is 36.1 Å². The van der Waals surface area contributed by atoms with Crippen molar-refractivity contribution in [2.24, 2.45) is 0 Å². The Balaban J connectivity index is 1.34. The summed E-state index contributed by atoms with van der Waals surface area (Å²) in [4.78, 5) is 31.7. The lowest BCUT2D eigenvalue weighted by Crippen LogP contribution is -2.36. The molecule has 6 rings (SSSR count). The number of aromatic nitrogens is 4. The van der Waals surface area contributed by atoms with Crippen molar-refractivity contribution in [3.8, 4) is 0 Å². The van der Waals surface area contributed by atoms with Crippen LogP contribution in [0.1, 0.15) is 69.1 Å². The number of fused-ring (bicyclic) bond motifs is 1. The summed E-state index contributed by atoms with van der Waals surface area (Å²) in [6, 6.07) is 18.4. The smallest absolute Gasteiger partial charge is 0.254 e. The highest BCUT2D eigenvalue weighted by molar-refractivity contribution is 6.39. The van der Waals surface area contributed by atoms with E-state index in [4.69, 9.17) is 28.2 Å². The lowest BCUT2D eigenvalue weighted by atomic mass is 9.88. The van der Waals surface area contributed by atoms with Crippen LogP contribution in [0.25, 0.3) is 0 Å². The molecule has 0 aliphatic heterocycles. The van der Waals surface area contributed by atoms with Crippen LogP contribution in [0, 0.1) is 5.82 Å². The fourth-order valence-corrected chi connectivity index (χ4v) is 6.38. The van der Waals surface area contributed by atoms with Crippen LogP contribution in [0.2, 0.25) is 10.0 Å². The Hall–Kier alpha value is -4.11. The number of carbonyl (C=O) groups excluding carboxylic acids is 1. The summed E-state index contributed by atoms with van der Waals surface area (Å²) in [5.41, 5.74) is 4.85. The van der Waals surface area contributed by atoms with Crippen LogP contribution in [0.5, 0.6) is 0 Å². The quantitative estimate of drug-likeness (QED) is 0.183. The number of hydrogen-bond donors (Lipinski definition) is 2. The Bertz CT molecular complexity index is 1710. The molecule has 2 atom stereocenters. The highest BCUT2D eigenvalue weighted by atomic mass is 35.5. The first-order valence-electron chi connectivity index (χ1n) is 14.1. The number of benzene rings is 2. The summed E-state index contributed by atoms with van der Waals surface area (Å²) in [7, 11) is 0. The van der Waals surface area contributed by atoms with Crippen molar-refractivity contribution >= 4 is 29.1 Å². The monoisotopic (exact) mass is 614 g/mol. The molecule has 2 N–H and O–H groups in total. The first-order chi connectivity index (χ1) is 21.0. The van der Waals surface area contributed by atoms with E-state index in [1.54, 1.807) is 18.5 Å². The second-order valence-electron chi connectivity index (χ2n) is 10.5. The van der Waals surface area contributed by atoms with Crippen LogP contribution in [-0.4, -0.2) is 30.7 Å². The summed E-state index contributed by atoms with van der Waals surface area (Å²) >= 11 is 12.4. The highest BCUT2D eigenvalue weighted by Crippen LogP contribution is 2.41. The zero-order chi connectivity index (χ0) is 29.8. The average Bonchev–Trinajstić information content (AvgIpc) is 3.55. The number of pyridine rings is 2. The Labute approximate surface area is 259 Å². The molecule has 1 aliphatic rings. The number of nitrogens with one attached hydrogen (secondary N) is 2. The van der Waals surface area contributed by atoms with E-state index in [0.29, 0.717) is 17.9 Å². The van der Waals surface area contributed by atoms with Gasteiger partial charge in [-0.05, 0) is 48.1 Å². The van der Waals surface area contributed by atoms with Gasteiger partial charge >= 0.3 is 0 Å². The lowest BCUT2D eigenvalue weighted by molar-refractivity contribution is 0.0951. The van der Waals surface area contributed by atoms with Gasteiger partial charge in [0.1, 0.15) is 11.6 Å². The Morgan fingerprint density at radius 3 is 2.63 bits per heavy atom. The molecule has 0 saturated heterocycles. The maximum Gasteiger partial charge on any atom is 0.254 e. The molecule has 5 aromatic rings. The number of amides is 1. The summed E-state index contributed by atoms with van der Waals surface area (Å²) in [6.45, 7) is 0.759. The summed E-state index contributed by atoms with van der Waals surface area (Å²) in [5, 5.41) is 3.28. The third-order valence-corrected chi connectivity index (χ3v) is 8.34. The lowest BCUT2D eigenvalue weighted by Gasteiger charge is -2.40. The van der Waals surface area contributed by atoms with Gasteiger partial charge in [-0.25, -0.2) is 9.37 Å². The molecule has 1 aliphatic carbocycles. The normalized spacial score (nSPS) is 15.2. The zero-order valence-electron chi connectivity index (χ0n) is 23.2. The van der Waals surface area contributed by atoms with Crippen LogP contribution in [-0.2, 0) is 19.5 Å². The van der Waals surface area contributed by atoms with E-state index >= 15 is 4.39 Å². The molecule has 2 aromatic carbocycles. The highest BCUT2D eigenvalue weighted by Gasteiger charge is 2.36. The van der Waals surface area contributed by atoms with Crippen molar-refractivity contribution in [1.29, 1.82) is 0 Å². The molecule has 0 saturated carbocycles. The maximum absolute atomic E-state index is 15.5. The Kier molecular flexibility index (Phi) is 8.79. The molecule has 7 nitrogen and oxygen atoms in total. The summed E-state index contributed by atoms with van der Waals surface area (Å²) < 4.78 is 15.5. The maximum atomic E-state index is 15.5. The summed E-state index contributed by atoms with van der Waals surface area (Å²) in [5.74, 6) is -0.0229. The molecule has 218 valence electrons. The van der Waals surface area contributed by atoms with Crippen molar-refractivity contribution in [3.63, 3.8) is 0 Å². The van der Waals surface area contributed by atoms with Crippen LogP contribution in [0.15, 0.2) is 91.6 Å². The minimum atomic E-state index is -0.492. The van der Waals surface area contributed by atoms with E-state index in [1.165, 1.54) is 24.0 Å². The average molecular weight is 616 g/mol. The van der Waals surface area contributed by atoms with Gasteiger partial charge in [-0.3, -0.25) is 19.7 Å². The van der Waals surface area contributed by atoms with Crippen molar-refractivity contribution in [2.45, 2.75) is 44.4 Å². The molecular weight excluding hydrogens is 586 g/mol. The molecule has 43 heavy (non-hydrogen) atoms. The third-order valence-electron chi connectivity index (χ3n) is 7.77. The number of aromatic amines is 1. The third kappa shape index (κ3) is 6.32. The number of hydrogen-bond acceptors (Lipinski definition) is 5. The van der Waals surface area contributed by atoms with Crippen molar-refractivity contribution < 1.29 is 9.18 Å². The number of H-pyrrole nitrogens is 1. The fraction of sp³-hybridized carbons (Fsp3) is 0.212. The second kappa shape index (κ2) is 13.0. The number of halogens is 3. The number of imidazole rings is 1. The van der Waals surface area contributed by atoms with Crippen molar-refractivity contribution in [3.05, 3.63) is 147 Å². The van der Waals surface area contributed by atoms with Gasteiger partial charge in [-0.1, -0.05) is 71.7 Å². The zero-order valence-corrected chi connectivity index (χ0v) is 24.7. The van der Waals surface area contributed by atoms with Gasteiger partial charge in [0, 0.05) is 49.6 Å². The second-order valence-corrected chi connectivity index (χ2v) is 11.3. The number of aryl methyl sites for hydroxylation is 1. The number of carbonyl (C=O) groups is 1. The number of nitrogens with zero attached hydrogens (tertiary/aromatic N) is 4. The topological polar surface area (TPSA) is 86.8 Å². The fourth-order valence-electron chi connectivity index (χ4n) is 5.84. The van der Waals surface area contributed by atoms with Gasteiger partial charge in [0.25, 0.3) is 5.91 Å². The van der Waals surface area contributed by atoms with E-state index in [1.807, 2.05) is 48.7 Å². The molecular formula is C33H29Cl2FN6O. The van der Waals surface area contributed by atoms with Gasteiger partial charge in [0.2, 0.25) is 0 Å². The van der Waals surface area contributed by atoms with E-state index in [2.05, 4.69) is 31.2 Å². The van der Waals surface area contributed by atoms with Crippen molar-refractivity contribution in [2.75, 3.05) is 0 Å². The van der Waals surface area contributed by atoms with Gasteiger partial charge < -0.3 is 10.3 Å². The van der Waals surface area contributed by atoms with Crippen LogP contribution < -0.4 is 5.32 Å². The molecule has 0 bridgehead atoms. The molecule has 0 fully saturated rings. The Morgan fingerprint density at radius 2 is 1.84 bits per heavy atom. The largest absolute Gasteiger partial charge is 0.348 e. The molecule has 10 heteroatoms. The number of rotatable bonds is 9. The van der Waals surface area contributed by atoms with Gasteiger partial charge in [-0.15, -0.1) is 0 Å². The standard InChI is InChI=1S/C33H29Cl2FN6O/c34-25-18-37-19-26(35)29(25)33(43)41-17-21-6-3-7-22(16-21)20-42(28-12-4-8-23-9-5-13-38-30(23)28)31(32-39-14-15-40-32)24-10-1-2-11-27(24)36/h1-3,5-7,9-11,13-16,18-19,28,31H,4,8,12,17,20H2,(H,39,40)(H,41,43). The van der Waals surface area contributed by atoms with E-state index in [-0.39, 0.29) is 39.9 Å². The molecule has 0 spiro atoms. The van der Waals surface area contributed by atoms with Gasteiger partial charge in [0.15, 0.2) is 0 Å². The molecule has 3 heterocycles. The van der Waals surface area contributed by atoms with Crippen LogP contribution in [0.3, 0.4) is 0 Å². The summed E-state index contributed by atoms with van der Waals surface area (Å²) in [6.07, 6.45) is 10.9. The van der Waals surface area contributed by atoms with E-state index < -0.39 is 6.04 Å². The first-order valence-corrected chi connectivity index (χ1v) is 14.8. The van der Waals surface area contributed by atoms with E-state index in [9.17, 15) is 4.79 Å². The van der Waals surface area contributed by atoms with Crippen molar-refractivity contribution in [1.82, 2.24) is 30.2 Å². The van der Waals surface area contributed by atoms with Gasteiger partial charge in [-0.2, -0.15) is 0 Å². The molecule has 0 radical (unpaired) electrons. The molecule has 1 amide bonds. The minimum absolute atomic E-state index is 0.0704. The van der Waals surface area contributed by atoms with Gasteiger partial charge in [0.05, 0.1) is 33.4 Å². The molecule has 2 unspecified atom stereocenters. The Morgan fingerprint density at radius 1 is 1.02 bits per heavy atom. The molecule has 3 aromatic heterocycles. The minimum Gasteiger partial charge on any atom is -0.348 e. The van der Waals surface area contributed by atoms with Crippen LogP contribution in [0.4, 0.5) is 4.39 Å². The predicted octanol–water partition coefficient (Wildman–Crippen LogP) is 7.24. The first kappa shape index (κ1) is 29.0. The van der Waals surface area contributed by atoms with Crippen LogP contribution >= 0.6 is 23.2 Å². The SMILES string of the molecule is O=C(NCc1cccc(CN(C2CCCc3cccnc32)C(c2ncc[nH]2)c2ccccc2F)c1)c1c(Cl)cncc1Cl.